The van der Waals surface area contributed by atoms with Crippen molar-refractivity contribution in [2.75, 3.05) is 27.3 Å². The predicted molar refractivity (Wildman–Crippen MR) is 83.1 cm³/mol. The monoisotopic (exact) mass is 320 g/mol. The minimum Gasteiger partial charge on any atom is -0.493 e. The van der Waals surface area contributed by atoms with Crippen LogP contribution in [0.2, 0.25) is 0 Å². The summed E-state index contributed by atoms with van der Waals surface area (Å²) in [6.07, 6.45) is 3.66. The lowest BCUT2D eigenvalue weighted by Gasteiger charge is -2.31. The topological polar surface area (TPSA) is 63.3 Å². The van der Waals surface area contributed by atoms with Gasteiger partial charge in [-0.25, -0.2) is 9.37 Å². The van der Waals surface area contributed by atoms with Gasteiger partial charge in [-0.3, -0.25) is 10.00 Å². The number of benzene rings is 1. The van der Waals surface area contributed by atoms with E-state index in [1.165, 1.54) is 19.5 Å². The molecule has 7 heteroatoms. The normalized spacial score (nSPS) is 18.8. The number of nitrogens with one attached hydrogen (secondary N) is 1. The van der Waals surface area contributed by atoms with Crippen molar-refractivity contribution in [3.63, 3.8) is 0 Å². The summed E-state index contributed by atoms with van der Waals surface area (Å²) in [6.45, 7) is 2.32. The molecule has 0 radical (unpaired) electrons. The molecule has 0 bridgehead atoms. The van der Waals surface area contributed by atoms with Crippen molar-refractivity contribution < 1.29 is 13.9 Å². The molecule has 1 aromatic heterocycles. The van der Waals surface area contributed by atoms with Gasteiger partial charge < -0.3 is 9.47 Å². The fourth-order valence-corrected chi connectivity index (χ4v) is 3.09. The first-order valence-electron chi connectivity index (χ1n) is 7.69. The van der Waals surface area contributed by atoms with Crippen molar-refractivity contribution in [3.05, 3.63) is 35.7 Å². The molecule has 2 heterocycles. The van der Waals surface area contributed by atoms with Crippen molar-refractivity contribution in [2.24, 2.45) is 0 Å². The van der Waals surface area contributed by atoms with E-state index < -0.39 is 0 Å². The maximum Gasteiger partial charge on any atom is 0.163 e. The van der Waals surface area contributed by atoms with Crippen LogP contribution in [0.1, 0.15) is 30.1 Å². The summed E-state index contributed by atoms with van der Waals surface area (Å²) < 4.78 is 24.7. The maximum atomic E-state index is 14.3. The molecule has 1 aliphatic heterocycles. The third-order valence-corrected chi connectivity index (χ3v) is 4.27. The molecule has 1 N–H and O–H groups in total. The van der Waals surface area contributed by atoms with Crippen molar-refractivity contribution in [1.29, 1.82) is 0 Å². The number of nitrogens with zero attached hydrogens (tertiary/aromatic N) is 3. The van der Waals surface area contributed by atoms with Crippen LogP contribution in [0.15, 0.2) is 18.5 Å². The number of likely N-dealkylation sites (tertiary alicyclic amines) is 1. The summed E-state index contributed by atoms with van der Waals surface area (Å²) in [6, 6.07) is 3.10. The summed E-state index contributed by atoms with van der Waals surface area (Å²) >= 11 is 0. The molecule has 1 aromatic carbocycles. The Kier molecular flexibility index (Phi) is 4.76. The minimum atomic E-state index is -0.274. The Bertz CT molecular complexity index is 648. The zero-order valence-electron chi connectivity index (χ0n) is 13.4. The second-order valence-corrected chi connectivity index (χ2v) is 5.74. The fourth-order valence-electron chi connectivity index (χ4n) is 3.09. The Morgan fingerprint density at radius 2 is 2.09 bits per heavy atom. The number of H-pyrrole nitrogens is 1. The van der Waals surface area contributed by atoms with Gasteiger partial charge in [0.15, 0.2) is 11.5 Å². The zero-order chi connectivity index (χ0) is 16.2. The Labute approximate surface area is 134 Å². The van der Waals surface area contributed by atoms with E-state index in [4.69, 9.17) is 9.47 Å². The van der Waals surface area contributed by atoms with E-state index in [0.717, 1.165) is 31.8 Å². The van der Waals surface area contributed by atoms with Gasteiger partial charge in [0, 0.05) is 30.6 Å². The highest BCUT2D eigenvalue weighted by Crippen LogP contribution is 2.31. The molecule has 1 atom stereocenters. The van der Waals surface area contributed by atoms with Crippen LogP contribution in [-0.4, -0.2) is 47.4 Å². The molecule has 124 valence electrons. The number of ether oxygens (including phenoxy) is 2. The zero-order valence-corrected chi connectivity index (χ0v) is 13.4. The van der Waals surface area contributed by atoms with Gasteiger partial charge in [-0.05, 0) is 25.5 Å². The highest BCUT2D eigenvalue weighted by Gasteiger charge is 2.24. The van der Waals surface area contributed by atoms with Gasteiger partial charge in [0.2, 0.25) is 0 Å². The SMILES string of the molecule is COc1cc(F)c(CN2CCCC(c3ncn[nH]3)C2)cc1OC. The van der Waals surface area contributed by atoms with Crippen LogP contribution >= 0.6 is 0 Å². The Morgan fingerprint density at radius 3 is 2.78 bits per heavy atom. The van der Waals surface area contributed by atoms with E-state index in [2.05, 4.69) is 20.1 Å². The van der Waals surface area contributed by atoms with Crippen LogP contribution in [-0.2, 0) is 6.54 Å². The van der Waals surface area contributed by atoms with Crippen LogP contribution in [0.5, 0.6) is 11.5 Å². The molecule has 1 unspecified atom stereocenters. The number of rotatable bonds is 5. The van der Waals surface area contributed by atoms with E-state index in [-0.39, 0.29) is 5.82 Å². The molecule has 23 heavy (non-hydrogen) atoms. The van der Waals surface area contributed by atoms with Gasteiger partial charge in [-0.15, -0.1) is 0 Å². The average Bonchev–Trinajstić information content (AvgIpc) is 3.11. The van der Waals surface area contributed by atoms with E-state index in [1.807, 2.05) is 0 Å². The summed E-state index contributed by atoms with van der Waals surface area (Å²) in [5.74, 6) is 1.90. The number of hydrogen-bond acceptors (Lipinski definition) is 5. The van der Waals surface area contributed by atoms with Crippen molar-refractivity contribution >= 4 is 0 Å². The quantitative estimate of drug-likeness (QED) is 0.916. The first kappa shape index (κ1) is 15.7. The minimum absolute atomic E-state index is 0.274. The first-order valence-corrected chi connectivity index (χ1v) is 7.69. The first-order chi connectivity index (χ1) is 11.2. The smallest absolute Gasteiger partial charge is 0.163 e. The molecular formula is C16H21FN4O2. The van der Waals surface area contributed by atoms with E-state index in [9.17, 15) is 4.39 Å². The fraction of sp³-hybridized carbons (Fsp3) is 0.500. The average molecular weight is 320 g/mol. The van der Waals surface area contributed by atoms with Gasteiger partial charge in [-0.2, -0.15) is 5.10 Å². The summed E-state index contributed by atoms with van der Waals surface area (Å²) in [4.78, 5) is 6.48. The number of halogens is 1. The number of aromatic nitrogens is 3. The van der Waals surface area contributed by atoms with Crippen LogP contribution in [0.3, 0.4) is 0 Å². The van der Waals surface area contributed by atoms with Gasteiger partial charge in [0.25, 0.3) is 0 Å². The van der Waals surface area contributed by atoms with E-state index >= 15 is 0 Å². The van der Waals surface area contributed by atoms with E-state index in [0.29, 0.717) is 29.5 Å². The predicted octanol–water partition coefficient (Wildman–Crippen LogP) is 2.34. The summed E-state index contributed by atoms with van der Waals surface area (Å²) in [7, 11) is 3.06. The van der Waals surface area contributed by atoms with Gasteiger partial charge >= 0.3 is 0 Å². The molecule has 1 aliphatic rings. The second kappa shape index (κ2) is 6.95. The molecule has 2 aromatic rings. The van der Waals surface area contributed by atoms with Gasteiger partial charge in [0.05, 0.1) is 14.2 Å². The third-order valence-electron chi connectivity index (χ3n) is 4.27. The molecule has 3 rings (SSSR count). The molecule has 1 saturated heterocycles. The van der Waals surface area contributed by atoms with Crippen LogP contribution in [0.25, 0.3) is 0 Å². The molecule has 0 aliphatic carbocycles. The van der Waals surface area contributed by atoms with Crippen LogP contribution in [0, 0.1) is 5.82 Å². The lowest BCUT2D eigenvalue weighted by molar-refractivity contribution is 0.194. The number of methoxy groups -OCH3 is 2. The van der Waals surface area contributed by atoms with Crippen molar-refractivity contribution in [3.8, 4) is 11.5 Å². The third kappa shape index (κ3) is 3.44. The summed E-state index contributed by atoms with van der Waals surface area (Å²) in [5.41, 5.74) is 0.612. The van der Waals surface area contributed by atoms with Gasteiger partial charge in [-0.1, -0.05) is 0 Å². The number of hydrogen-bond donors (Lipinski definition) is 1. The Hall–Kier alpha value is -2.15. The van der Waals surface area contributed by atoms with Crippen molar-refractivity contribution in [1.82, 2.24) is 20.1 Å². The Morgan fingerprint density at radius 1 is 1.30 bits per heavy atom. The highest BCUT2D eigenvalue weighted by atomic mass is 19.1. The van der Waals surface area contributed by atoms with Crippen molar-refractivity contribution in [2.45, 2.75) is 25.3 Å². The molecule has 0 saturated carbocycles. The van der Waals surface area contributed by atoms with Crippen LogP contribution in [0.4, 0.5) is 4.39 Å². The lowest BCUT2D eigenvalue weighted by Crippen LogP contribution is -2.34. The molecule has 6 nitrogen and oxygen atoms in total. The Balaban J connectivity index is 1.73. The van der Waals surface area contributed by atoms with Crippen LogP contribution < -0.4 is 9.47 Å². The standard InChI is InChI=1S/C16H21FN4O2/c1-22-14-6-12(13(17)7-15(14)23-2)9-21-5-3-4-11(8-21)16-18-10-19-20-16/h6-7,10-11H,3-5,8-9H2,1-2H3,(H,18,19,20). The van der Waals surface area contributed by atoms with Gasteiger partial charge in [0.1, 0.15) is 18.0 Å². The number of piperidine rings is 1. The molecular weight excluding hydrogens is 299 g/mol. The maximum absolute atomic E-state index is 14.3. The molecule has 0 spiro atoms. The summed E-state index contributed by atoms with van der Waals surface area (Å²) in [5, 5.41) is 6.85. The highest BCUT2D eigenvalue weighted by molar-refractivity contribution is 5.43. The number of aromatic amines is 1. The van der Waals surface area contributed by atoms with E-state index in [1.54, 1.807) is 13.2 Å². The molecule has 0 amide bonds. The molecule has 1 fully saturated rings. The second-order valence-electron chi connectivity index (χ2n) is 5.74. The lowest BCUT2D eigenvalue weighted by atomic mass is 9.97. The largest absolute Gasteiger partial charge is 0.493 e.